The van der Waals surface area contributed by atoms with Gasteiger partial charge in [0.05, 0.1) is 16.4 Å². The third kappa shape index (κ3) is 6.20. The summed E-state index contributed by atoms with van der Waals surface area (Å²) in [6.45, 7) is 1.66. The summed E-state index contributed by atoms with van der Waals surface area (Å²) < 4.78 is 24.3. The summed E-state index contributed by atoms with van der Waals surface area (Å²) in [5.41, 5.74) is 3.24. The normalized spacial score (nSPS) is 10.6. The Morgan fingerprint density at radius 3 is 2.59 bits per heavy atom. The van der Waals surface area contributed by atoms with Crippen LogP contribution in [0.2, 0.25) is 0 Å². The molecule has 0 fully saturated rings. The zero-order valence-electron chi connectivity index (χ0n) is 14.2. The van der Waals surface area contributed by atoms with Crippen molar-refractivity contribution >= 4 is 40.7 Å². The van der Waals surface area contributed by atoms with E-state index >= 15 is 0 Å². The fourth-order valence-electron chi connectivity index (χ4n) is 2.03. The van der Waals surface area contributed by atoms with Crippen LogP contribution in [0.5, 0.6) is 11.5 Å². The van der Waals surface area contributed by atoms with Crippen molar-refractivity contribution < 1.29 is 28.6 Å². The Morgan fingerprint density at radius 2 is 1.96 bits per heavy atom. The summed E-state index contributed by atoms with van der Waals surface area (Å²) in [5.74, 6) is -1.31. The van der Waals surface area contributed by atoms with Gasteiger partial charge in [-0.05, 0) is 71.5 Å². The van der Waals surface area contributed by atoms with Gasteiger partial charge in [0, 0.05) is 5.56 Å². The van der Waals surface area contributed by atoms with Gasteiger partial charge in [-0.2, -0.15) is 5.10 Å². The van der Waals surface area contributed by atoms with E-state index in [4.69, 9.17) is 14.6 Å². The van der Waals surface area contributed by atoms with Crippen LogP contribution in [0.15, 0.2) is 41.5 Å². The second-order valence-electron chi connectivity index (χ2n) is 5.15. The maximum Gasteiger partial charge on any atom is 0.341 e. The number of ether oxygens (including phenoxy) is 2. The Hall–Kier alpha value is -2.69. The molecule has 0 aliphatic heterocycles. The summed E-state index contributed by atoms with van der Waals surface area (Å²) in [4.78, 5) is 22.6. The van der Waals surface area contributed by atoms with E-state index in [1.807, 2.05) is 22.6 Å². The first kappa shape index (κ1) is 20.6. The Kier molecular flexibility index (Phi) is 7.53. The molecule has 0 saturated heterocycles. The van der Waals surface area contributed by atoms with Crippen LogP contribution in [0.25, 0.3) is 0 Å². The van der Waals surface area contributed by atoms with Crippen molar-refractivity contribution in [1.82, 2.24) is 5.43 Å². The van der Waals surface area contributed by atoms with Crippen LogP contribution < -0.4 is 14.9 Å². The molecule has 142 valence electrons. The van der Waals surface area contributed by atoms with Crippen LogP contribution >= 0.6 is 22.6 Å². The molecule has 2 aromatic carbocycles. The number of amides is 1. The molecule has 1 amide bonds. The third-order valence-corrected chi connectivity index (χ3v) is 3.96. The lowest BCUT2D eigenvalue weighted by molar-refractivity contribution is -0.139. The minimum Gasteiger partial charge on any atom is -0.490 e. The second-order valence-corrected chi connectivity index (χ2v) is 6.31. The summed E-state index contributed by atoms with van der Waals surface area (Å²) in [6, 6.07) is 8.40. The molecule has 0 atom stereocenters. The van der Waals surface area contributed by atoms with E-state index in [9.17, 15) is 14.0 Å². The Labute approximate surface area is 168 Å². The Bertz CT molecular complexity index is 856. The maximum atomic E-state index is 12.9. The van der Waals surface area contributed by atoms with Gasteiger partial charge in [-0.3, -0.25) is 4.79 Å². The average Bonchev–Trinajstić information content (AvgIpc) is 2.61. The van der Waals surface area contributed by atoms with E-state index in [1.54, 1.807) is 19.1 Å². The quantitative estimate of drug-likeness (QED) is 0.340. The number of carbonyl (C=O) groups excluding carboxylic acids is 1. The number of nitrogens with zero attached hydrogens (tertiary/aromatic N) is 1. The van der Waals surface area contributed by atoms with Crippen molar-refractivity contribution in [3.63, 3.8) is 0 Å². The average molecular weight is 486 g/mol. The van der Waals surface area contributed by atoms with Crippen molar-refractivity contribution in [3.05, 3.63) is 56.9 Å². The fraction of sp³-hybridized carbons (Fsp3) is 0.167. The number of rotatable bonds is 8. The van der Waals surface area contributed by atoms with Gasteiger partial charge in [0.15, 0.2) is 18.1 Å². The van der Waals surface area contributed by atoms with Gasteiger partial charge in [-0.1, -0.05) is 0 Å². The molecule has 0 spiro atoms. The number of carboxylic acid groups (broad SMARTS) is 1. The standard InChI is InChI=1S/C18H16FIN2O5/c1-2-26-15-8-11(7-14(20)17(15)27-10-16(23)24)9-21-22-18(25)12-3-5-13(19)6-4-12/h3-9H,2,10H2,1H3,(H,22,25)(H,23,24)/b21-9-. The largest absolute Gasteiger partial charge is 0.490 e. The zero-order valence-corrected chi connectivity index (χ0v) is 16.4. The van der Waals surface area contributed by atoms with E-state index in [-0.39, 0.29) is 5.56 Å². The predicted octanol–water partition coefficient (Wildman–Crippen LogP) is 3.06. The van der Waals surface area contributed by atoms with Gasteiger partial charge in [-0.15, -0.1) is 0 Å². The van der Waals surface area contributed by atoms with Crippen molar-refractivity contribution in [1.29, 1.82) is 0 Å². The molecule has 27 heavy (non-hydrogen) atoms. The highest BCUT2D eigenvalue weighted by Gasteiger charge is 2.13. The molecule has 0 unspecified atom stereocenters. The molecule has 9 heteroatoms. The monoisotopic (exact) mass is 486 g/mol. The number of carboxylic acids is 1. The minimum absolute atomic E-state index is 0.274. The molecule has 2 rings (SSSR count). The molecule has 0 saturated carbocycles. The Morgan fingerprint density at radius 1 is 1.26 bits per heavy atom. The number of aliphatic carboxylic acids is 1. The van der Waals surface area contributed by atoms with E-state index < -0.39 is 24.3 Å². The van der Waals surface area contributed by atoms with Crippen molar-refractivity contribution in [2.24, 2.45) is 5.10 Å². The fourth-order valence-corrected chi connectivity index (χ4v) is 2.81. The van der Waals surface area contributed by atoms with E-state index in [0.29, 0.717) is 27.2 Å². The zero-order chi connectivity index (χ0) is 19.8. The lowest BCUT2D eigenvalue weighted by Crippen LogP contribution is -2.17. The van der Waals surface area contributed by atoms with E-state index in [2.05, 4.69) is 10.5 Å². The number of hydrogen-bond acceptors (Lipinski definition) is 5. The Balaban J connectivity index is 2.12. The summed E-state index contributed by atoms with van der Waals surface area (Å²) >= 11 is 1.99. The van der Waals surface area contributed by atoms with Gasteiger partial charge in [0.25, 0.3) is 5.91 Å². The molecule has 0 heterocycles. The highest BCUT2D eigenvalue weighted by Crippen LogP contribution is 2.33. The van der Waals surface area contributed by atoms with Gasteiger partial charge in [0.2, 0.25) is 0 Å². The number of nitrogens with one attached hydrogen (secondary N) is 1. The van der Waals surface area contributed by atoms with Crippen LogP contribution in [-0.4, -0.2) is 36.4 Å². The van der Waals surface area contributed by atoms with Crippen molar-refractivity contribution in [3.8, 4) is 11.5 Å². The van der Waals surface area contributed by atoms with Crippen molar-refractivity contribution in [2.45, 2.75) is 6.92 Å². The number of carbonyl (C=O) groups is 2. The topological polar surface area (TPSA) is 97.2 Å². The molecule has 2 N–H and O–H groups in total. The molecule has 0 aliphatic rings. The predicted molar refractivity (Wildman–Crippen MR) is 105 cm³/mol. The highest BCUT2D eigenvalue weighted by molar-refractivity contribution is 14.1. The number of benzene rings is 2. The van der Waals surface area contributed by atoms with Gasteiger partial charge >= 0.3 is 5.97 Å². The third-order valence-electron chi connectivity index (χ3n) is 3.16. The van der Waals surface area contributed by atoms with Crippen LogP contribution in [0.1, 0.15) is 22.8 Å². The summed E-state index contributed by atoms with van der Waals surface area (Å²) in [6.07, 6.45) is 1.41. The molecule has 0 aromatic heterocycles. The smallest absolute Gasteiger partial charge is 0.341 e. The minimum atomic E-state index is -1.10. The molecular weight excluding hydrogens is 470 g/mol. The molecular formula is C18H16FIN2O5. The summed E-state index contributed by atoms with van der Waals surface area (Å²) in [7, 11) is 0. The van der Waals surface area contributed by atoms with Gasteiger partial charge < -0.3 is 14.6 Å². The second kappa shape index (κ2) is 9.86. The molecule has 0 radical (unpaired) electrons. The van der Waals surface area contributed by atoms with Crippen LogP contribution in [-0.2, 0) is 4.79 Å². The van der Waals surface area contributed by atoms with Gasteiger partial charge in [-0.25, -0.2) is 14.6 Å². The first-order valence-electron chi connectivity index (χ1n) is 7.80. The number of hydrazone groups is 1. The maximum absolute atomic E-state index is 12.9. The van der Waals surface area contributed by atoms with Crippen molar-refractivity contribution in [2.75, 3.05) is 13.2 Å². The van der Waals surface area contributed by atoms with Crippen LogP contribution in [0, 0.1) is 9.39 Å². The lowest BCUT2D eigenvalue weighted by atomic mass is 10.2. The van der Waals surface area contributed by atoms with Gasteiger partial charge in [0.1, 0.15) is 5.82 Å². The SMILES string of the molecule is CCOc1cc(/C=N\NC(=O)c2ccc(F)cc2)cc(I)c1OCC(=O)O. The molecule has 0 bridgehead atoms. The van der Waals surface area contributed by atoms with E-state index in [0.717, 1.165) is 0 Å². The first-order valence-corrected chi connectivity index (χ1v) is 8.88. The number of hydrogen-bond donors (Lipinski definition) is 2. The molecule has 7 nitrogen and oxygen atoms in total. The molecule has 2 aromatic rings. The molecule has 0 aliphatic carbocycles. The van der Waals surface area contributed by atoms with E-state index in [1.165, 1.54) is 30.5 Å². The van der Waals surface area contributed by atoms with Crippen LogP contribution in [0.4, 0.5) is 4.39 Å². The first-order chi connectivity index (χ1) is 12.9. The van der Waals surface area contributed by atoms with Crippen LogP contribution in [0.3, 0.4) is 0 Å². The highest BCUT2D eigenvalue weighted by atomic mass is 127. The lowest BCUT2D eigenvalue weighted by Gasteiger charge is -2.13. The number of halogens is 2. The summed E-state index contributed by atoms with van der Waals surface area (Å²) in [5, 5.41) is 12.6.